The molecule has 0 saturated carbocycles. The van der Waals surface area contributed by atoms with E-state index in [0.717, 1.165) is 87.0 Å². The molecular formula is C22H28N4O2. The van der Waals surface area contributed by atoms with Gasteiger partial charge in [0.05, 0.1) is 5.69 Å². The molecule has 0 bridgehead atoms. The van der Waals surface area contributed by atoms with Crippen molar-refractivity contribution in [2.45, 2.75) is 51.5 Å². The smallest absolute Gasteiger partial charge is 0.254 e. The van der Waals surface area contributed by atoms with Crippen molar-refractivity contribution >= 4 is 5.91 Å². The molecule has 2 heterocycles. The van der Waals surface area contributed by atoms with Crippen molar-refractivity contribution in [2.75, 3.05) is 13.1 Å². The second kappa shape index (κ2) is 8.27. The number of aromatic nitrogens is 2. The van der Waals surface area contributed by atoms with Crippen LogP contribution in [-0.2, 0) is 24.2 Å². The summed E-state index contributed by atoms with van der Waals surface area (Å²) in [6, 6.07) is 8.15. The van der Waals surface area contributed by atoms with Crippen molar-refractivity contribution in [1.82, 2.24) is 14.9 Å². The number of aryl methyl sites for hydroxylation is 1. The minimum Gasteiger partial charge on any atom is -0.369 e. The van der Waals surface area contributed by atoms with E-state index in [0.29, 0.717) is 5.82 Å². The summed E-state index contributed by atoms with van der Waals surface area (Å²) in [5, 5.41) is 0. The van der Waals surface area contributed by atoms with Crippen molar-refractivity contribution in [3.05, 3.63) is 51.4 Å². The fourth-order valence-corrected chi connectivity index (χ4v) is 4.41. The number of fused-ring (bicyclic) bond motifs is 1. The third-order valence-corrected chi connectivity index (χ3v) is 6.10. The lowest BCUT2D eigenvalue weighted by molar-refractivity contribution is -0.123. The topological polar surface area (TPSA) is 92.1 Å². The van der Waals surface area contributed by atoms with Crippen molar-refractivity contribution in [3.63, 3.8) is 0 Å². The molecule has 3 N–H and O–H groups in total. The summed E-state index contributed by atoms with van der Waals surface area (Å²) < 4.78 is 0. The van der Waals surface area contributed by atoms with E-state index in [-0.39, 0.29) is 17.4 Å². The molecule has 1 amide bonds. The summed E-state index contributed by atoms with van der Waals surface area (Å²) in [6.45, 7) is 2.49. The molecule has 4 rings (SSSR count). The molecule has 2 aromatic rings. The van der Waals surface area contributed by atoms with Gasteiger partial charge in [-0.05, 0) is 57.2 Å². The first-order valence-electron chi connectivity index (χ1n) is 10.3. The second-order valence-corrected chi connectivity index (χ2v) is 8.01. The Labute approximate surface area is 165 Å². The van der Waals surface area contributed by atoms with Crippen LogP contribution < -0.4 is 11.3 Å². The first-order chi connectivity index (χ1) is 13.6. The van der Waals surface area contributed by atoms with Crippen LogP contribution in [0.15, 0.2) is 29.1 Å². The fourth-order valence-electron chi connectivity index (χ4n) is 4.41. The van der Waals surface area contributed by atoms with Gasteiger partial charge in [0.25, 0.3) is 5.56 Å². The van der Waals surface area contributed by atoms with Gasteiger partial charge in [-0.25, -0.2) is 4.98 Å². The van der Waals surface area contributed by atoms with Crippen LogP contribution in [0.3, 0.4) is 0 Å². The third kappa shape index (κ3) is 4.02. The van der Waals surface area contributed by atoms with Gasteiger partial charge >= 0.3 is 0 Å². The highest BCUT2D eigenvalue weighted by atomic mass is 16.1. The lowest BCUT2D eigenvalue weighted by Crippen LogP contribution is -2.38. The van der Waals surface area contributed by atoms with Gasteiger partial charge in [-0.3, -0.25) is 14.5 Å². The number of likely N-dealkylation sites (tertiary alicyclic amines) is 1. The molecule has 1 saturated heterocycles. The molecule has 148 valence electrons. The number of aromatic amines is 1. The Balaban J connectivity index is 1.59. The number of hydrogen-bond donors (Lipinski definition) is 2. The fraction of sp³-hybridized carbons (Fsp3) is 0.500. The van der Waals surface area contributed by atoms with E-state index in [2.05, 4.69) is 16.0 Å². The first kappa shape index (κ1) is 18.9. The maximum atomic E-state index is 12.7. The Kier molecular flexibility index (Phi) is 5.57. The number of benzene rings is 1. The lowest BCUT2D eigenvalue weighted by Gasteiger charge is -2.31. The van der Waals surface area contributed by atoms with Crippen molar-refractivity contribution in [1.29, 1.82) is 0 Å². The van der Waals surface area contributed by atoms with E-state index in [1.54, 1.807) is 0 Å². The number of H-pyrrole nitrogens is 1. The number of nitrogens with zero attached hydrogens (tertiary/aromatic N) is 2. The van der Waals surface area contributed by atoms with E-state index in [1.807, 2.05) is 18.2 Å². The second-order valence-electron chi connectivity index (χ2n) is 8.01. The summed E-state index contributed by atoms with van der Waals surface area (Å²) in [4.78, 5) is 34.3. The monoisotopic (exact) mass is 380 g/mol. The summed E-state index contributed by atoms with van der Waals surface area (Å²) >= 11 is 0. The average molecular weight is 380 g/mol. The van der Waals surface area contributed by atoms with E-state index >= 15 is 0 Å². The number of carbonyl (C=O) groups excluding carboxylic acids is 1. The molecule has 0 atom stereocenters. The highest BCUT2D eigenvalue weighted by Crippen LogP contribution is 2.25. The molecule has 1 aliphatic carbocycles. The van der Waals surface area contributed by atoms with Crippen LogP contribution in [0.5, 0.6) is 0 Å². The number of nitrogens with one attached hydrogen (secondary N) is 1. The van der Waals surface area contributed by atoms with Crippen molar-refractivity contribution < 1.29 is 4.79 Å². The van der Waals surface area contributed by atoms with Crippen LogP contribution in [-0.4, -0.2) is 33.9 Å². The summed E-state index contributed by atoms with van der Waals surface area (Å²) in [5.41, 5.74) is 9.43. The Bertz CT molecular complexity index is 913. The lowest BCUT2D eigenvalue weighted by atomic mass is 9.95. The molecule has 0 unspecified atom stereocenters. The zero-order chi connectivity index (χ0) is 19.5. The Morgan fingerprint density at radius 3 is 2.68 bits per heavy atom. The minimum absolute atomic E-state index is 0.00547. The first-order valence-corrected chi connectivity index (χ1v) is 10.3. The minimum atomic E-state index is -0.188. The molecule has 0 radical (unpaired) electrons. The number of amides is 1. The molecule has 6 heteroatoms. The van der Waals surface area contributed by atoms with E-state index in [9.17, 15) is 9.59 Å². The largest absolute Gasteiger partial charge is 0.369 e. The molecule has 1 aromatic carbocycles. The number of carbonyl (C=O) groups is 1. The SMILES string of the molecule is NC(=O)C1CCN(Cc2ccccc2-c2nc3c(c(=O)[nH]2)CCCCC3)CC1. The normalized spacial score (nSPS) is 18.4. The van der Waals surface area contributed by atoms with Gasteiger partial charge in [-0.2, -0.15) is 0 Å². The summed E-state index contributed by atoms with van der Waals surface area (Å²) in [6.07, 6.45) is 6.65. The third-order valence-electron chi connectivity index (χ3n) is 6.10. The standard InChI is InChI=1S/C22H28N4O2/c23-20(27)15-10-12-26(13-11-15)14-16-6-4-5-7-17(16)21-24-19-9-3-1-2-8-18(19)22(28)25-21/h4-7,15H,1-3,8-14H2,(H2,23,27)(H,24,25,28). The Hall–Kier alpha value is -2.47. The maximum Gasteiger partial charge on any atom is 0.254 e. The summed E-state index contributed by atoms with van der Waals surface area (Å²) in [7, 11) is 0. The quantitative estimate of drug-likeness (QED) is 0.797. The van der Waals surface area contributed by atoms with Crippen LogP contribution >= 0.6 is 0 Å². The van der Waals surface area contributed by atoms with Crippen LogP contribution in [0.4, 0.5) is 0 Å². The van der Waals surface area contributed by atoms with E-state index in [1.165, 1.54) is 0 Å². The van der Waals surface area contributed by atoms with Crippen LogP contribution in [0.1, 0.15) is 48.9 Å². The molecule has 28 heavy (non-hydrogen) atoms. The van der Waals surface area contributed by atoms with Crippen LogP contribution in [0, 0.1) is 5.92 Å². The highest BCUT2D eigenvalue weighted by Gasteiger charge is 2.24. The van der Waals surface area contributed by atoms with Crippen molar-refractivity contribution in [2.24, 2.45) is 11.7 Å². The van der Waals surface area contributed by atoms with Gasteiger partial charge in [0.1, 0.15) is 5.82 Å². The number of hydrogen-bond acceptors (Lipinski definition) is 4. The van der Waals surface area contributed by atoms with Crippen molar-refractivity contribution in [3.8, 4) is 11.4 Å². The van der Waals surface area contributed by atoms with Gasteiger partial charge in [0.15, 0.2) is 0 Å². The summed E-state index contributed by atoms with van der Waals surface area (Å²) in [5.74, 6) is 0.481. The predicted molar refractivity (Wildman–Crippen MR) is 109 cm³/mol. The molecular weight excluding hydrogens is 352 g/mol. The Morgan fingerprint density at radius 1 is 1.14 bits per heavy atom. The van der Waals surface area contributed by atoms with Crippen LogP contribution in [0.2, 0.25) is 0 Å². The van der Waals surface area contributed by atoms with E-state index < -0.39 is 0 Å². The van der Waals surface area contributed by atoms with Gasteiger partial charge < -0.3 is 10.7 Å². The highest BCUT2D eigenvalue weighted by molar-refractivity contribution is 5.76. The average Bonchev–Trinajstić information content (AvgIpc) is 2.95. The number of piperidine rings is 1. The van der Waals surface area contributed by atoms with E-state index in [4.69, 9.17) is 10.7 Å². The molecule has 6 nitrogen and oxygen atoms in total. The van der Waals surface area contributed by atoms with Gasteiger partial charge in [-0.1, -0.05) is 30.7 Å². The van der Waals surface area contributed by atoms with Gasteiger partial charge in [-0.15, -0.1) is 0 Å². The Morgan fingerprint density at radius 2 is 1.89 bits per heavy atom. The zero-order valence-electron chi connectivity index (χ0n) is 16.2. The number of rotatable bonds is 4. The zero-order valence-corrected chi connectivity index (χ0v) is 16.2. The number of nitrogens with two attached hydrogens (primary N) is 1. The van der Waals surface area contributed by atoms with Crippen LogP contribution in [0.25, 0.3) is 11.4 Å². The molecule has 1 aromatic heterocycles. The van der Waals surface area contributed by atoms with Gasteiger partial charge in [0.2, 0.25) is 5.91 Å². The maximum absolute atomic E-state index is 12.7. The van der Waals surface area contributed by atoms with Gasteiger partial charge in [0, 0.05) is 23.6 Å². The molecule has 2 aliphatic rings. The number of primary amides is 1. The molecule has 1 aliphatic heterocycles. The molecule has 1 fully saturated rings. The predicted octanol–water partition coefficient (Wildman–Crippen LogP) is 2.40. The molecule has 0 spiro atoms.